The van der Waals surface area contributed by atoms with Gasteiger partial charge in [0.1, 0.15) is 11.3 Å². The Morgan fingerprint density at radius 2 is 1.71 bits per heavy atom. The maximum absolute atomic E-state index is 12.4. The van der Waals surface area contributed by atoms with Crippen molar-refractivity contribution in [2.75, 3.05) is 7.11 Å². The molecule has 102 valence electrons. The quantitative estimate of drug-likeness (QED) is 0.388. The number of rotatable bonds is 1. The van der Waals surface area contributed by atoms with E-state index in [-0.39, 0.29) is 5.63 Å². The molecule has 1 heterocycles. The van der Waals surface area contributed by atoms with E-state index in [1.807, 2.05) is 48.5 Å². The van der Waals surface area contributed by atoms with E-state index in [0.29, 0.717) is 16.7 Å². The summed E-state index contributed by atoms with van der Waals surface area (Å²) in [5.41, 5.74) is 0.227. The molecular weight excluding hydrogens is 264 g/mol. The van der Waals surface area contributed by atoms with E-state index in [2.05, 4.69) is 0 Å². The average Bonchev–Trinajstić information content (AvgIpc) is 2.53. The van der Waals surface area contributed by atoms with E-state index in [4.69, 9.17) is 9.15 Å². The standard InChI is InChI=1S/C18H12O3/c1-20-12-7-9-14-15-8-6-11-4-2-3-5-13(11)17(15)18(19)21-16(14)10-12/h2-10H,1H3. The lowest BCUT2D eigenvalue weighted by molar-refractivity contribution is 0.414. The van der Waals surface area contributed by atoms with Crippen LogP contribution in [0.3, 0.4) is 0 Å². The lowest BCUT2D eigenvalue weighted by atomic mass is 10.0. The van der Waals surface area contributed by atoms with Crippen molar-refractivity contribution in [1.29, 1.82) is 0 Å². The molecule has 0 unspecified atom stereocenters. The Bertz CT molecular complexity index is 1040. The van der Waals surface area contributed by atoms with Crippen LogP contribution in [0.25, 0.3) is 32.5 Å². The molecule has 0 fully saturated rings. The Kier molecular flexibility index (Phi) is 2.48. The van der Waals surface area contributed by atoms with Crippen LogP contribution >= 0.6 is 0 Å². The van der Waals surface area contributed by atoms with Crippen molar-refractivity contribution in [1.82, 2.24) is 0 Å². The minimum Gasteiger partial charge on any atom is -0.497 e. The molecule has 0 aliphatic carbocycles. The second kappa shape index (κ2) is 4.35. The molecule has 0 N–H and O–H groups in total. The molecule has 0 radical (unpaired) electrons. The first-order valence-corrected chi connectivity index (χ1v) is 6.70. The fraction of sp³-hybridized carbons (Fsp3) is 0.0556. The fourth-order valence-corrected chi connectivity index (χ4v) is 2.80. The molecule has 3 heteroatoms. The molecule has 3 aromatic carbocycles. The molecule has 0 bridgehead atoms. The molecule has 21 heavy (non-hydrogen) atoms. The van der Waals surface area contributed by atoms with Gasteiger partial charge in [0.15, 0.2) is 0 Å². The summed E-state index contributed by atoms with van der Waals surface area (Å²) in [5, 5.41) is 4.40. The summed E-state index contributed by atoms with van der Waals surface area (Å²) < 4.78 is 10.7. The first-order chi connectivity index (χ1) is 10.3. The zero-order valence-electron chi connectivity index (χ0n) is 11.4. The molecule has 3 nitrogen and oxygen atoms in total. The van der Waals surface area contributed by atoms with Crippen molar-refractivity contribution in [2.45, 2.75) is 0 Å². The highest BCUT2D eigenvalue weighted by Gasteiger charge is 2.11. The van der Waals surface area contributed by atoms with E-state index >= 15 is 0 Å². The van der Waals surface area contributed by atoms with Gasteiger partial charge in [-0.2, -0.15) is 0 Å². The average molecular weight is 276 g/mol. The fourth-order valence-electron chi connectivity index (χ4n) is 2.80. The minimum absolute atomic E-state index is 0.317. The van der Waals surface area contributed by atoms with Gasteiger partial charge in [-0.15, -0.1) is 0 Å². The second-order valence-electron chi connectivity index (χ2n) is 4.96. The van der Waals surface area contributed by atoms with Gasteiger partial charge in [-0.1, -0.05) is 36.4 Å². The molecule has 0 spiro atoms. The summed E-state index contributed by atoms with van der Waals surface area (Å²) in [5.74, 6) is 0.672. The smallest absolute Gasteiger partial charge is 0.344 e. The summed E-state index contributed by atoms with van der Waals surface area (Å²) in [6.45, 7) is 0. The highest BCUT2D eigenvalue weighted by atomic mass is 16.5. The largest absolute Gasteiger partial charge is 0.497 e. The van der Waals surface area contributed by atoms with Crippen molar-refractivity contribution in [3.63, 3.8) is 0 Å². The van der Waals surface area contributed by atoms with Crippen LogP contribution in [0.2, 0.25) is 0 Å². The van der Waals surface area contributed by atoms with E-state index in [9.17, 15) is 4.79 Å². The maximum atomic E-state index is 12.4. The molecule has 0 aliphatic rings. The third-order valence-electron chi connectivity index (χ3n) is 3.81. The second-order valence-corrected chi connectivity index (χ2v) is 4.96. The molecule has 0 atom stereocenters. The number of hydrogen-bond acceptors (Lipinski definition) is 3. The third kappa shape index (κ3) is 1.71. The van der Waals surface area contributed by atoms with Gasteiger partial charge in [-0.05, 0) is 22.9 Å². The van der Waals surface area contributed by atoms with Gasteiger partial charge in [0.25, 0.3) is 0 Å². The molecule has 1 aromatic heterocycles. The van der Waals surface area contributed by atoms with E-state index in [1.54, 1.807) is 13.2 Å². The van der Waals surface area contributed by atoms with Gasteiger partial charge < -0.3 is 9.15 Å². The number of benzene rings is 3. The lowest BCUT2D eigenvalue weighted by Crippen LogP contribution is -2.00. The predicted molar refractivity (Wildman–Crippen MR) is 84.0 cm³/mol. The molecule has 4 rings (SSSR count). The monoisotopic (exact) mass is 276 g/mol. The van der Waals surface area contributed by atoms with Crippen molar-refractivity contribution >= 4 is 32.5 Å². The predicted octanol–water partition coefficient (Wildman–Crippen LogP) is 4.11. The zero-order chi connectivity index (χ0) is 14.4. The molecule has 0 aliphatic heterocycles. The van der Waals surface area contributed by atoms with Gasteiger partial charge in [0, 0.05) is 16.8 Å². The van der Waals surface area contributed by atoms with E-state index in [0.717, 1.165) is 21.5 Å². The van der Waals surface area contributed by atoms with Crippen LogP contribution in [0.5, 0.6) is 5.75 Å². The Morgan fingerprint density at radius 1 is 0.905 bits per heavy atom. The maximum Gasteiger partial charge on any atom is 0.344 e. The van der Waals surface area contributed by atoms with Gasteiger partial charge >= 0.3 is 5.63 Å². The van der Waals surface area contributed by atoms with Crippen LogP contribution in [0.15, 0.2) is 63.8 Å². The summed E-state index contributed by atoms with van der Waals surface area (Å²) in [4.78, 5) is 12.4. The van der Waals surface area contributed by atoms with Gasteiger partial charge in [0.05, 0.1) is 12.5 Å². The number of ether oxygens (including phenoxy) is 1. The first-order valence-electron chi connectivity index (χ1n) is 6.70. The van der Waals surface area contributed by atoms with Crippen LogP contribution in [0.4, 0.5) is 0 Å². The summed E-state index contributed by atoms with van der Waals surface area (Å²) in [6.07, 6.45) is 0. The van der Waals surface area contributed by atoms with Gasteiger partial charge in [-0.25, -0.2) is 4.79 Å². The van der Waals surface area contributed by atoms with Crippen LogP contribution in [0, 0.1) is 0 Å². The summed E-state index contributed by atoms with van der Waals surface area (Å²) in [7, 11) is 1.59. The number of hydrogen-bond donors (Lipinski definition) is 0. The van der Waals surface area contributed by atoms with E-state index in [1.165, 1.54) is 0 Å². The van der Waals surface area contributed by atoms with Crippen molar-refractivity contribution < 1.29 is 9.15 Å². The van der Waals surface area contributed by atoms with Crippen LogP contribution in [-0.2, 0) is 0 Å². The summed E-state index contributed by atoms with van der Waals surface area (Å²) in [6, 6.07) is 17.4. The Labute approximate surface area is 120 Å². The van der Waals surface area contributed by atoms with Crippen LogP contribution in [0.1, 0.15) is 0 Å². The van der Waals surface area contributed by atoms with Crippen molar-refractivity contribution in [3.05, 3.63) is 65.0 Å². The molecule has 4 aromatic rings. The Morgan fingerprint density at radius 3 is 2.57 bits per heavy atom. The third-order valence-corrected chi connectivity index (χ3v) is 3.81. The highest BCUT2D eigenvalue weighted by Crippen LogP contribution is 2.30. The normalized spacial score (nSPS) is 11.3. The minimum atomic E-state index is -0.317. The number of methoxy groups -OCH3 is 1. The lowest BCUT2D eigenvalue weighted by Gasteiger charge is -2.07. The first kappa shape index (κ1) is 12.0. The topological polar surface area (TPSA) is 39.4 Å². The SMILES string of the molecule is COc1ccc2c(c1)oc(=O)c1c3ccccc3ccc21. The Balaban J connectivity index is 2.26. The summed E-state index contributed by atoms with van der Waals surface area (Å²) >= 11 is 0. The molecule has 0 saturated heterocycles. The zero-order valence-corrected chi connectivity index (χ0v) is 11.4. The Hall–Kier alpha value is -2.81. The van der Waals surface area contributed by atoms with E-state index < -0.39 is 0 Å². The molecule has 0 saturated carbocycles. The van der Waals surface area contributed by atoms with Crippen molar-refractivity contribution in [2.24, 2.45) is 0 Å². The molecular formula is C18H12O3. The van der Waals surface area contributed by atoms with Crippen LogP contribution < -0.4 is 10.4 Å². The highest BCUT2D eigenvalue weighted by molar-refractivity contribution is 6.15. The van der Waals surface area contributed by atoms with Crippen LogP contribution in [-0.4, -0.2) is 7.11 Å². The van der Waals surface area contributed by atoms with Crippen molar-refractivity contribution in [3.8, 4) is 5.75 Å². The molecule has 0 amide bonds. The van der Waals surface area contributed by atoms with Gasteiger partial charge in [0.2, 0.25) is 0 Å². The van der Waals surface area contributed by atoms with Gasteiger partial charge in [-0.3, -0.25) is 0 Å². The number of fused-ring (bicyclic) bond motifs is 5.